The van der Waals surface area contributed by atoms with Gasteiger partial charge in [-0.3, -0.25) is 0 Å². The maximum absolute atomic E-state index is 5.82. The molecular formula is C14H15NO. The minimum absolute atomic E-state index is 0.754. The first-order valence-corrected chi connectivity index (χ1v) is 5.26. The van der Waals surface area contributed by atoms with Gasteiger partial charge in [-0.15, -0.1) is 0 Å². The molecule has 0 atom stereocenters. The minimum atomic E-state index is 0.754. The molecule has 0 radical (unpaired) electrons. The van der Waals surface area contributed by atoms with E-state index in [1.165, 1.54) is 5.56 Å². The fourth-order valence-corrected chi connectivity index (χ4v) is 1.42. The fraction of sp³-hybridized carbons (Fsp3) is 0.143. The largest absolute Gasteiger partial charge is 0.457 e. The van der Waals surface area contributed by atoms with Crippen molar-refractivity contribution in [3.8, 4) is 11.5 Å². The highest BCUT2D eigenvalue weighted by atomic mass is 16.5. The molecule has 2 N–H and O–H groups in total. The van der Waals surface area contributed by atoms with Crippen molar-refractivity contribution in [3.63, 3.8) is 0 Å². The molecule has 0 bridgehead atoms. The SMILES string of the molecule is Cc1ccc(Oc2ccc(C)c(N)c2)cc1. The third-order valence-corrected chi connectivity index (χ3v) is 2.51. The lowest BCUT2D eigenvalue weighted by Crippen LogP contribution is -1.91. The average molecular weight is 213 g/mol. The van der Waals surface area contributed by atoms with Gasteiger partial charge < -0.3 is 10.5 Å². The standard InChI is InChI=1S/C14H15NO/c1-10-3-6-12(7-4-10)16-13-8-5-11(2)14(15)9-13/h3-9H,15H2,1-2H3. The van der Waals surface area contributed by atoms with E-state index in [0.717, 1.165) is 22.7 Å². The normalized spacial score (nSPS) is 10.1. The number of rotatable bonds is 2. The van der Waals surface area contributed by atoms with Gasteiger partial charge in [0.25, 0.3) is 0 Å². The lowest BCUT2D eigenvalue weighted by molar-refractivity contribution is 0.483. The van der Waals surface area contributed by atoms with E-state index in [9.17, 15) is 0 Å². The van der Waals surface area contributed by atoms with Crippen LogP contribution in [0.3, 0.4) is 0 Å². The number of hydrogen-bond donors (Lipinski definition) is 1. The summed E-state index contributed by atoms with van der Waals surface area (Å²) in [5, 5.41) is 0. The van der Waals surface area contributed by atoms with Gasteiger partial charge >= 0.3 is 0 Å². The predicted octanol–water partition coefficient (Wildman–Crippen LogP) is 3.68. The lowest BCUT2D eigenvalue weighted by atomic mass is 10.2. The Morgan fingerprint density at radius 3 is 2.12 bits per heavy atom. The van der Waals surface area contributed by atoms with E-state index in [0.29, 0.717) is 0 Å². The second-order valence-electron chi connectivity index (χ2n) is 3.93. The summed E-state index contributed by atoms with van der Waals surface area (Å²) in [6.07, 6.45) is 0. The molecule has 0 saturated carbocycles. The van der Waals surface area contributed by atoms with E-state index >= 15 is 0 Å². The highest BCUT2D eigenvalue weighted by Gasteiger charge is 1.99. The van der Waals surface area contributed by atoms with Crippen LogP contribution in [0.5, 0.6) is 11.5 Å². The van der Waals surface area contributed by atoms with Crippen molar-refractivity contribution in [3.05, 3.63) is 53.6 Å². The summed E-state index contributed by atoms with van der Waals surface area (Å²) < 4.78 is 5.69. The van der Waals surface area contributed by atoms with Crippen LogP contribution in [0, 0.1) is 13.8 Å². The van der Waals surface area contributed by atoms with Crippen molar-refractivity contribution in [2.75, 3.05) is 5.73 Å². The number of nitrogen functional groups attached to an aromatic ring is 1. The molecular weight excluding hydrogens is 198 g/mol. The molecule has 2 aromatic carbocycles. The Kier molecular flexibility index (Phi) is 2.82. The van der Waals surface area contributed by atoms with Crippen LogP contribution in [-0.2, 0) is 0 Å². The molecule has 0 saturated heterocycles. The topological polar surface area (TPSA) is 35.2 Å². The average Bonchev–Trinajstić information content (AvgIpc) is 2.27. The molecule has 0 fully saturated rings. The van der Waals surface area contributed by atoms with Gasteiger partial charge in [0.2, 0.25) is 0 Å². The van der Waals surface area contributed by atoms with Crippen LogP contribution < -0.4 is 10.5 Å². The van der Waals surface area contributed by atoms with Gasteiger partial charge in [-0.2, -0.15) is 0 Å². The second-order valence-corrected chi connectivity index (χ2v) is 3.93. The maximum atomic E-state index is 5.82. The summed E-state index contributed by atoms with van der Waals surface area (Å²) in [4.78, 5) is 0. The lowest BCUT2D eigenvalue weighted by Gasteiger charge is -2.07. The van der Waals surface area contributed by atoms with Crippen molar-refractivity contribution in [1.82, 2.24) is 0 Å². The fourth-order valence-electron chi connectivity index (χ4n) is 1.42. The third kappa shape index (κ3) is 2.34. The Morgan fingerprint density at radius 1 is 0.875 bits per heavy atom. The molecule has 2 aromatic rings. The van der Waals surface area contributed by atoms with Crippen molar-refractivity contribution in [2.24, 2.45) is 0 Å². The van der Waals surface area contributed by atoms with E-state index in [4.69, 9.17) is 10.5 Å². The van der Waals surface area contributed by atoms with E-state index in [1.54, 1.807) is 0 Å². The molecule has 0 spiro atoms. The van der Waals surface area contributed by atoms with Crippen LogP contribution >= 0.6 is 0 Å². The summed E-state index contributed by atoms with van der Waals surface area (Å²) in [5.41, 5.74) is 8.86. The summed E-state index contributed by atoms with van der Waals surface area (Å²) in [6.45, 7) is 4.03. The van der Waals surface area contributed by atoms with E-state index in [-0.39, 0.29) is 0 Å². The number of benzene rings is 2. The number of aryl methyl sites for hydroxylation is 2. The smallest absolute Gasteiger partial charge is 0.129 e. The maximum Gasteiger partial charge on any atom is 0.129 e. The monoisotopic (exact) mass is 213 g/mol. The van der Waals surface area contributed by atoms with E-state index in [1.807, 2.05) is 56.3 Å². The molecule has 0 aliphatic heterocycles. The second kappa shape index (κ2) is 4.27. The Labute approximate surface area is 95.7 Å². The Bertz CT molecular complexity index is 489. The van der Waals surface area contributed by atoms with Gasteiger partial charge in [-0.05, 0) is 37.6 Å². The van der Waals surface area contributed by atoms with Crippen LogP contribution in [0.25, 0.3) is 0 Å². The van der Waals surface area contributed by atoms with Crippen LogP contribution in [0.4, 0.5) is 5.69 Å². The Balaban J connectivity index is 2.20. The molecule has 0 heterocycles. The Morgan fingerprint density at radius 2 is 1.50 bits per heavy atom. The summed E-state index contributed by atoms with van der Waals surface area (Å²) in [6, 6.07) is 13.7. The summed E-state index contributed by atoms with van der Waals surface area (Å²) >= 11 is 0. The predicted molar refractivity (Wildman–Crippen MR) is 66.8 cm³/mol. The molecule has 0 aliphatic rings. The first kappa shape index (κ1) is 10.6. The van der Waals surface area contributed by atoms with Crippen molar-refractivity contribution in [2.45, 2.75) is 13.8 Å². The summed E-state index contributed by atoms with van der Waals surface area (Å²) in [7, 11) is 0. The number of ether oxygens (including phenoxy) is 1. The van der Waals surface area contributed by atoms with Gasteiger partial charge in [-0.25, -0.2) is 0 Å². The molecule has 0 aliphatic carbocycles. The van der Waals surface area contributed by atoms with Crippen LogP contribution in [0.1, 0.15) is 11.1 Å². The quantitative estimate of drug-likeness (QED) is 0.772. The van der Waals surface area contributed by atoms with Crippen LogP contribution in [0.15, 0.2) is 42.5 Å². The van der Waals surface area contributed by atoms with Gasteiger partial charge in [-0.1, -0.05) is 23.8 Å². The van der Waals surface area contributed by atoms with Crippen molar-refractivity contribution < 1.29 is 4.74 Å². The molecule has 2 nitrogen and oxygen atoms in total. The molecule has 0 unspecified atom stereocenters. The zero-order chi connectivity index (χ0) is 11.5. The highest BCUT2D eigenvalue weighted by Crippen LogP contribution is 2.25. The molecule has 82 valence electrons. The van der Waals surface area contributed by atoms with Gasteiger partial charge in [0.15, 0.2) is 0 Å². The first-order chi connectivity index (χ1) is 7.65. The third-order valence-electron chi connectivity index (χ3n) is 2.51. The highest BCUT2D eigenvalue weighted by molar-refractivity contribution is 5.51. The number of nitrogens with two attached hydrogens (primary N) is 1. The molecule has 16 heavy (non-hydrogen) atoms. The van der Waals surface area contributed by atoms with Crippen LogP contribution in [0.2, 0.25) is 0 Å². The van der Waals surface area contributed by atoms with Gasteiger partial charge in [0.05, 0.1) is 0 Å². The Hall–Kier alpha value is -1.96. The van der Waals surface area contributed by atoms with Crippen LogP contribution in [-0.4, -0.2) is 0 Å². The zero-order valence-electron chi connectivity index (χ0n) is 9.53. The molecule has 2 heteroatoms. The summed E-state index contributed by atoms with van der Waals surface area (Å²) in [5.74, 6) is 1.60. The van der Waals surface area contributed by atoms with E-state index in [2.05, 4.69) is 0 Å². The first-order valence-electron chi connectivity index (χ1n) is 5.26. The van der Waals surface area contributed by atoms with Crippen molar-refractivity contribution in [1.29, 1.82) is 0 Å². The molecule has 2 rings (SSSR count). The molecule has 0 amide bonds. The molecule has 0 aromatic heterocycles. The van der Waals surface area contributed by atoms with Gasteiger partial charge in [0.1, 0.15) is 11.5 Å². The minimum Gasteiger partial charge on any atom is -0.457 e. The zero-order valence-corrected chi connectivity index (χ0v) is 9.53. The van der Waals surface area contributed by atoms with Gasteiger partial charge in [0, 0.05) is 11.8 Å². The number of anilines is 1. The van der Waals surface area contributed by atoms with Crippen molar-refractivity contribution >= 4 is 5.69 Å². The van der Waals surface area contributed by atoms with E-state index < -0.39 is 0 Å². The number of hydrogen-bond acceptors (Lipinski definition) is 2.